The van der Waals surface area contributed by atoms with Crippen molar-refractivity contribution in [3.05, 3.63) is 45.6 Å². The molecule has 3 rings (SSSR count). The van der Waals surface area contributed by atoms with E-state index < -0.39 is 5.54 Å². The third kappa shape index (κ3) is 4.30. The van der Waals surface area contributed by atoms with E-state index in [4.69, 9.17) is 9.47 Å². The molecule has 1 aliphatic heterocycles. The molecule has 1 aliphatic rings. The van der Waals surface area contributed by atoms with Crippen molar-refractivity contribution < 1.29 is 14.3 Å². The van der Waals surface area contributed by atoms with Gasteiger partial charge in [0, 0.05) is 11.4 Å². The second-order valence-corrected chi connectivity index (χ2v) is 9.04. The number of methoxy groups -OCH3 is 2. The van der Waals surface area contributed by atoms with E-state index in [2.05, 4.69) is 22.4 Å². The zero-order valence-corrected chi connectivity index (χ0v) is 19.0. The first kappa shape index (κ1) is 22.1. The van der Waals surface area contributed by atoms with Crippen LogP contribution in [0.4, 0.5) is 0 Å². The van der Waals surface area contributed by atoms with Crippen LogP contribution in [0.1, 0.15) is 42.8 Å². The molecule has 0 bridgehead atoms. The molecule has 2 heterocycles. The van der Waals surface area contributed by atoms with Crippen LogP contribution in [0, 0.1) is 17.2 Å². The van der Waals surface area contributed by atoms with Crippen molar-refractivity contribution in [3.8, 4) is 17.6 Å². The molecule has 1 aromatic heterocycles. The normalized spacial score (nSPS) is 18.2. The number of benzene rings is 1. The molecule has 0 radical (unpaired) electrons. The van der Waals surface area contributed by atoms with Crippen molar-refractivity contribution in [2.75, 3.05) is 27.3 Å². The number of carbonyl (C=O) groups excluding carboxylic acids is 1. The van der Waals surface area contributed by atoms with Gasteiger partial charge in [-0.15, -0.1) is 11.3 Å². The molecule has 30 heavy (non-hydrogen) atoms. The highest BCUT2D eigenvalue weighted by Crippen LogP contribution is 2.42. The molecule has 0 unspecified atom stereocenters. The molecule has 0 aliphatic carbocycles. The third-order valence-electron chi connectivity index (χ3n) is 5.92. The van der Waals surface area contributed by atoms with Gasteiger partial charge in [0.15, 0.2) is 11.5 Å². The second-order valence-electron chi connectivity index (χ2n) is 8.06. The third-order valence-corrected chi connectivity index (χ3v) is 6.84. The summed E-state index contributed by atoms with van der Waals surface area (Å²) in [6.45, 7) is 6.61. The van der Waals surface area contributed by atoms with Crippen LogP contribution in [0.15, 0.2) is 29.6 Å². The Labute approximate surface area is 182 Å². The van der Waals surface area contributed by atoms with Crippen LogP contribution in [-0.2, 0) is 11.2 Å². The smallest absolute Gasteiger partial charge is 0.235 e. The predicted molar refractivity (Wildman–Crippen MR) is 118 cm³/mol. The molecule has 2 aromatic rings. The number of hydrogen-bond acceptors (Lipinski definition) is 6. The Balaban J connectivity index is 1.93. The van der Waals surface area contributed by atoms with Gasteiger partial charge in [-0.3, -0.25) is 9.69 Å². The minimum Gasteiger partial charge on any atom is -0.493 e. The number of amides is 1. The Kier molecular flexibility index (Phi) is 6.69. The van der Waals surface area contributed by atoms with Crippen molar-refractivity contribution in [3.63, 3.8) is 0 Å². The Morgan fingerprint density at radius 1 is 1.37 bits per heavy atom. The highest BCUT2D eigenvalue weighted by atomic mass is 32.1. The van der Waals surface area contributed by atoms with Crippen LogP contribution in [0.2, 0.25) is 0 Å². The number of rotatable bonds is 7. The number of thiophene rings is 1. The predicted octanol–water partition coefficient (Wildman–Crippen LogP) is 3.77. The zero-order valence-electron chi connectivity index (χ0n) is 18.2. The number of nitrogens with zero attached hydrogens (tertiary/aromatic N) is 2. The van der Waals surface area contributed by atoms with Crippen LogP contribution < -0.4 is 14.8 Å². The van der Waals surface area contributed by atoms with E-state index >= 15 is 0 Å². The van der Waals surface area contributed by atoms with Crippen LogP contribution in [0.5, 0.6) is 11.5 Å². The van der Waals surface area contributed by atoms with Crippen molar-refractivity contribution in [1.82, 2.24) is 10.2 Å². The summed E-state index contributed by atoms with van der Waals surface area (Å²) in [5.74, 6) is 1.27. The molecule has 160 valence electrons. The maximum atomic E-state index is 12.9. The number of nitrogens with one attached hydrogen (secondary N) is 1. The van der Waals surface area contributed by atoms with E-state index in [0.717, 1.165) is 18.5 Å². The van der Waals surface area contributed by atoms with E-state index in [-0.39, 0.29) is 24.4 Å². The van der Waals surface area contributed by atoms with E-state index in [1.807, 2.05) is 37.4 Å². The fraction of sp³-hybridized carbons (Fsp3) is 0.478. The van der Waals surface area contributed by atoms with Gasteiger partial charge in [-0.25, -0.2) is 0 Å². The van der Waals surface area contributed by atoms with Crippen LogP contribution >= 0.6 is 11.3 Å². The van der Waals surface area contributed by atoms with Gasteiger partial charge in [0.05, 0.1) is 32.9 Å². The lowest BCUT2D eigenvalue weighted by Crippen LogP contribution is -2.52. The van der Waals surface area contributed by atoms with Gasteiger partial charge in [-0.2, -0.15) is 5.26 Å². The van der Waals surface area contributed by atoms with Gasteiger partial charge in [-0.05, 0) is 54.0 Å². The van der Waals surface area contributed by atoms with Crippen LogP contribution in [-0.4, -0.2) is 43.7 Å². The lowest BCUT2D eigenvalue weighted by molar-refractivity contribution is -0.124. The zero-order chi connectivity index (χ0) is 21.9. The molecule has 7 heteroatoms. The molecule has 2 atom stereocenters. The summed E-state index contributed by atoms with van der Waals surface area (Å²) in [7, 11) is 3.27. The summed E-state index contributed by atoms with van der Waals surface area (Å²) in [6, 6.07) is 10.4. The molecule has 1 aromatic carbocycles. The largest absolute Gasteiger partial charge is 0.493 e. The molecule has 6 nitrogen and oxygen atoms in total. The molecule has 0 saturated carbocycles. The van der Waals surface area contributed by atoms with Crippen LogP contribution in [0.3, 0.4) is 0 Å². The fourth-order valence-electron chi connectivity index (χ4n) is 3.76. The first-order chi connectivity index (χ1) is 14.3. The Bertz CT molecular complexity index is 936. The van der Waals surface area contributed by atoms with Crippen molar-refractivity contribution in [1.29, 1.82) is 5.26 Å². The average Bonchev–Trinajstić information content (AvgIpc) is 3.26. The van der Waals surface area contributed by atoms with Gasteiger partial charge in [0.2, 0.25) is 5.91 Å². The minimum atomic E-state index is -0.889. The van der Waals surface area contributed by atoms with Gasteiger partial charge in [0.1, 0.15) is 5.54 Å². The Morgan fingerprint density at radius 2 is 2.07 bits per heavy atom. The van der Waals surface area contributed by atoms with Crippen molar-refractivity contribution >= 4 is 17.2 Å². The molecule has 0 fully saturated rings. The summed E-state index contributed by atoms with van der Waals surface area (Å²) in [6.07, 6.45) is 0.810. The molecular weight excluding hydrogens is 398 g/mol. The number of carbonyl (C=O) groups is 1. The molecule has 0 spiro atoms. The van der Waals surface area contributed by atoms with Crippen molar-refractivity contribution in [2.24, 2.45) is 5.92 Å². The van der Waals surface area contributed by atoms with Gasteiger partial charge >= 0.3 is 0 Å². The second kappa shape index (κ2) is 9.07. The topological polar surface area (TPSA) is 74.6 Å². The van der Waals surface area contributed by atoms with Gasteiger partial charge < -0.3 is 14.8 Å². The first-order valence-corrected chi connectivity index (χ1v) is 11.0. The molecule has 0 saturated heterocycles. The lowest BCUT2D eigenvalue weighted by atomic mass is 9.89. The summed E-state index contributed by atoms with van der Waals surface area (Å²) >= 11 is 1.67. The van der Waals surface area contributed by atoms with Crippen molar-refractivity contribution in [2.45, 2.75) is 38.8 Å². The highest BCUT2D eigenvalue weighted by molar-refractivity contribution is 7.10. The average molecular weight is 428 g/mol. The van der Waals surface area contributed by atoms with Gasteiger partial charge in [-0.1, -0.05) is 19.9 Å². The number of nitriles is 1. The Morgan fingerprint density at radius 3 is 2.63 bits per heavy atom. The molecular formula is C23H29N3O3S. The quantitative estimate of drug-likeness (QED) is 0.728. The Hall–Kier alpha value is -2.56. The van der Waals surface area contributed by atoms with Gasteiger partial charge in [0.25, 0.3) is 0 Å². The number of ether oxygens (including phenoxy) is 2. The minimum absolute atomic E-state index is 0.0124. The lowest BCUT2D eigenvalue weighted by Gasteiger charge is -2.37. The molecule has 1 amide bonds. The van der Waals surface area contributed by atoms with E-state index in [9.17, 15) is 10.1 Å². The maximum Gasteiger partial charge on any atom is 0.235 e. The summed E-state index contributed by atoms with van der Waals surface area (Å²) < 4.78 is 11.0. The monoisotopic (exact) mass is 427 g/mol. The summed E-state index contributed by atoms with van der Waals surface area (Å²) in [4.78, 5) is 16.2. The first-order valence-electron chi connectivity index (χ1n) is 10.1. The SMILES string of the molecule is COc1cc2c(cc1OC)[C@H](c1cccs1)N(CC(=O)N[C@](C)(C#N)C(C)C)CC2. The summed E-state index contributed by atoms with van der Waals surface area (Å²) in [5.41, 5.74) is 1.44. The fourth-order valence-corrected chi connectivity index (χ4v) is 4.64. The maximum absolute atomic E-state index is 12.9. The standard InChI is InChI=1S/C23H29N3O3S/c1-15(2)23(3,14-24)25-21(27)13-26-9-8-16-11-18(28-4)19(29-5)12-17(16)22(26)20-7-6-10-30-20/h6-7,10-12,15,22H,8-9,13H2,1-5H3,(H,25,27)/t22-,23-/m1/s1. The van der Waals surface area contributed by atoms with E-state index in [1.54, 1.807) is 32.5 Å². The van der Waals surface area contributed by atoms with E-state index in [0.29, 0.717) is 11.5 Å². The van der Waals surface area contributed by atoms with E-state index in [1.165, 1.54) is 10.4 Å². The number of fused-ring (bicyclic) bond motifs is 1. The highest BCUT2D eigenvalue weighted by Gasteiger charge is 2.35. The summed E-state index contributed by atoms with van der Waals surface area (Å²) in [5, 5.41) is 14.5. The molecule has 1 N–H and O–H groups in total. The van der Waals surface area contributed by atoms with Crippen LogP contribution in [0.25, 0.3) is 0 Å². The number of hydrogen-bond donors (Lipinski definition) is 1.